The van der Waals surface area contributed by atoms with E-state index in [4.69, 9.17) is 9.47 Å². The largest absolute Gasteiger partial charge is 0.673 e. The molecule has 0 aliphatic rings. The molecule has 0 bridgehead atoms. The van der Waals surface area contributed by atoms with Gasteiger partial charge in [-0.2, -0.15) is 0 Å². The molecule has 0 unspecified atom stereocenters. The van der Waals surface area contributed by atoms with Crippen LogP contribution < -0.4 is 0 Å². The van der Waals surface area contributed by atoms with E-state index in [0.29, 0.717) is 0 Å². The molecular formula is C9H11BF4O2-. The van der Waals surface area contributed by atoms with Crippen molar-refractivity contribution in [2.45, 2.75) is 6.29 Å². The van der Waals surface area contributed by atoms with Crippen molar-refractivity contribution in [1.29, 1.82) is 0 Å². The summed E-state index contributed by atoms with van der Waals surface area (Å²) in [4.78, 5) is 0. The fourth-order valence-electron chi connectivity index (χ4n) is 0.904. The zero-order chi connectivity index (χ0) is 12.6. The Kier molecular flexibility index (Phi) is 6.75. The minimum atomic E-state index is -6.00. The lowest BCUT2D eigenvalue weighted by Crippen LogP contribution is -2.02. The Morgan fingerprint density at radius 2 is 1.62 bits per heavy atom. The van der Waals surface area contributed by atoms with Gasteiger partial charge in [-0.25, -0.2) is 0 Å². The van der Waals surface area contributed by atoms with Crippen molar-refractivity contribution >= 4 is 7.25 Å². The summed E-state index contributed by atoms with van der Waals surface area (Å²) in [5.41, 5.74) is 0.914. The lowest BCUT2D eigenvalue weighted by molar-refractivity contribution is -0.106. The fourth-order valence-corrected chi connectivity index (χ4v) is 0.904. The molecule has 2 nitrogen and oxygen atoms in total. The second-order valence-electron chi connectivity index (χ2n) is 2.62. The summed E-state index contributed by atoms with van der Waals surface area (Å²) in [7, 11) is -2.79. The molecule has 0 saturated heterocycles. The summed E-state index contributed by atoms with van der Waals surface area (Å²) < 4.78 is 49.1. The fraction of sp³-hybridized carbons (Fsp3) is 0.333. The van der Waals surface area contributed by atoms with Crippen molar-refractivity contribution in [3.05, 3.63) is 35.9 Å². The van der Waals surface area contributed by atoms with E-state index in [9.17, 15) is 17.3 Å². The molecule has 0 aromatic heterocycles. The zero-order valence-corrected chi connectivity index (χ0v) is 8.79. The van der Waals surface area contributed by atoms with Crippen LogP contribution in [0.25, 0.3) is 0 Å². The SMILES string of the molecule is COC(OC)c1[c]cccc1.F[B-](F)(F)F. The minimum Gasteiger partial charge on any atom is -0.418 e. The van der Waals surface area contributed by atoms with Crippen LogP contribution in [0.15, 0.2) is 24.3 Å². The molecule has 0 spiro atoms. The van der Waals surface area contributed by atoms with E-state index in [1.54, 1.807) is 14.2 Å². The second-order valence-corrected chi connectivity index (χ2v) is 2.62. The van der Waals surface area contributed by atoms with Crippen LogP contribution in [0.5, 0.6) is 0 Å². The molecule has 1 rings (SSSR count). The number of halogens is 4. The predicted octanol–water partition coefficient (Wildman–Crippen LogP) is 3.08. The van der Waals surface area contributed by atoms with Crippen molar-refractivity contribution in [2.24, 2.45) is 0 Å². The first-order chi connectivity index (χ1) is 7.38. The Morgan fingerprint density at radius 1 is 1.12 bits per heavy atom. The van der Waals surface area contributed by atoms with Gasteiger partial charge in [-0.15, -0.1) is 0 Å². The van der Waals surface area contributed by atoms with Gasteiger partial charge in [-0.1, -0.05) is 24.3 Å². The van der Waals surface area contributed by atoms with Crippen LogP contribution in [-0.2, 0) is 9.47 Å². The lowest BCUT2D eigenvalue weighted by atomic mass is 10.2. The van der Waals surface area contributed by atoms with Crippen LogP contribution in [0.3, 0.4) is 0 Å². The van der Waals surface area contributed by atoms with Gasteiger partial charge in [0.1, 0.15) is 0 Å². The molecule has 0 aliphatic heterocycles. The standard InChI is InChI=1S/C9H11O2.BF4/c1-10-9(11-2)8-6-4-3-5-7-8;2-1(3,4)5/h3-6,9H,1-2H3;/q;-1. The molecule has 0 fully saturated rings. The van der Waals surface area contributed by atoms with Crippen molar-refractivity contribution in [3.63, 3.8) is 0 Å². The first-order valence-corrected chi connectivity index (χ1v) is 4.28. The smallest absolute Gasteiger partial charge is 0.418 e. The molecule has 0 amide bonds. The third kappa shape index (κ3) is 8.25. The third-order valence-electron chi connectivity index (χ3n) is 1.42. The second kappa shape index (κ2) is 7.24. The Bertz CT molecular complexity index is 269. The topological polar surface area (TPSA) is 18.5 Å². The molecule has 0 saturated carbocycles. The summed E-state index contributed by atoms with van der Waals surface area (Å²) >= 11 is 0. The van der Waals surface area contributed by atoms with E-state index in [1.165, 1.54) is 0 Å². The van der Waals surface area contributed by atoms with Crippen molar-refractivity contribution in [3.8, 4) is 0 Å². The predicted molar refractivity (Wildman–Crippen MR) is 52.2 cm³/mol. The van der Waals surface area contributed by atoms with Gasteiger partial charge >= 0.3 is 7.25 Å². The van der Waals surface area contributed by atoms with Crippen LogP contribution in [0.4, 0.5) is 17.3 Å². The minimum absolute atomic E-state index is 0.295. The van der Waals surface area contributed by atoms with Crippen molar-refractivity contribution in [1.82, 2.24) is 0 Å². The molecule has 0 heterocycles. The Morgan fingerprint density at radius 3 is 1.94 bits per heavy atom. The van der Waals surface area contributed by atoms with E-state index < -0.39 is 7.25 Å². The van der Waals surface area contributed by atoms with Gasteiger partial charge in [0, 0.05) is 19.8 Å². The Balaban J connectivity index is 0.000000385. The first-order valence-electron chi connectivity index (χ1n) is 4.28. The van der Waals surface area contributed by atoms with Crippen LogP contribution in [-0.4, -0.2) is 21.5 Å². The highest BCUT2D eigenvalue weighted by Gasteiger charge is 2.20. The van der Waals surface area contributed by atoms with Crippen LogP contribution in [0, 0.1) is 6.07 Å². The number of hydrogen-bond donors (Lipinski definition) is 0. The quantitative estimate of drug-likeness (QED) is 0.457. The molecular weight excluding hydrogens is 227 g/mol. The highest BCUT2D eigenvalue weighted by molar-refractivity contribution is 6.50. The summed E-state index contributed by atoms with van der Waals surface area (Å²) in [6.45, 7) is 0. The van der Waals surface area contributed by atoms with Gasteiger partial charge in [0.2, 0.25) is 0 Å². The normalized spacial score (nSPS) is 10.9. The number of ether oxygens (including phenoxy) is 2. The highest BCUT2D eigenvalue weighted by atomic mass is 19.5. The van der Waals surface area contributed by atoms with Crippen LogP contribution >= 0.6 is 0 Å². The van der Waals surface area contributed by atoms with Gasteiger partial charge in [-0.3, -0.25) is 0 Å². The third-order valence-corrected chi connectivity index (χ3v) is 1.42. The molecule has 7 heteroatoms. The van der Waals surface area contributed by atoms with Gasteiger partial charge in [0.25, 0.3) is 0 Å². The van der Waals surface area contributed by atoms with E-state index in [0.717, 1.165) is 5.56 Å². The average molecular weight is 238 g/mol. The maximum atomic E-state index is 9.75. The molecule has 0 aliphatic carbocycles. The number of rotatable bonds is 3. The molecule has 16 heavy (non-hydrogen) atoms. The highest BCUT2D eigenvalue weighted by Crippen LogP contribution is 2.14. The molecule has 0 atom stereocenters. The molecule has 1 aromatic carbocycles. The lowest BCUT2D eigenvalue weighted by Gasteiger charge is -2.12. The molecule has 1 radical (unpaired) electrons. The van der Waals surface area contributed by atoms with E-state index in [2.05, 4.69) is 6.07 Å². The van der Waals surface area contributed by atoms with Gasteiger partial charge in [0.05, 0.1) is 0 Å². The molecule has 91 valence electrons. The average Bonchev–Trinajstić information content (AvgIpc) is 2.19. The van der Waals surface area contributed by atoms with Crippen LogP contribution in [0.2, 0.25) is 0 Å². The van der Waals surface area contributed by atoms with Crippen molar-refractivity contribution in [2.75, 3.05) is 14.2 Å². The van der Waals surface area contributed by atoms with E-state index >= 15 is 0 Å². The summed E-state index contributed by atoms with van der Waals surface area (Å²) in [6, 6.07) is 10.6. The number of benzene rings is 1. The van der Waals surface area contributed by atoms with E-state index in [1.807, 2.05) is 24.3 Å². The monoisotopic (exact) mass is 238 g/mol. The summed E-state index contributed by atoms with van der Waals surface area (Å²) in [5.74, 6) is 0. The van der Waals surface area contributed by atoms with Gasteiger partial charge < -0.3 is 26.7 Å². The maximum Gasteiger partial charge on any atom is 0.673 e. The van der Waals surface area contributed by atoms with Crippen molar-refractivity contribution < 1.29 is 26.7 Å². The Hall–Kier alpha value is -1.08. The van der Waals surface area contributed by atoms with E-state index in [-0.39, 0.29) is 6.29 Å². The first kappa shape index (κ1) is 14.9. The summed E-state index contributed by atoms with van der Waals surface area (Å²) in [6.07, 6.45) is -0.295. The number of hydrogen-bond acceptors (Lipinski definition) is 2. The zero-order valence-electron chi connectivity index (χ0n) is 8.79. The molecule has 1 aromatic rings. The number of methoxy groups -OCH3 is 2. The Labute approximate surface area is 91.3 Å². The van der Waals surface area contributed by atoms with Gasteiger partial charge in [-0.05, 0) is 6.07 Å². The summed E-state index contributed by atoms with van der Waals surface area (Å²) in [5, 5.41) is 0. The van der Waals surface area contributed by atoms with Crippen LogP contribution in [0.1, 0.15) is 11.9 Å². The van der Waals surface area contributed by atoms with Gasteiger partial charge in [0.15, 0.2) is 6.29 Å². The molecule has 0 N–H and O–H groups in total. The maximum absolute atomic E-state index is 9.75.